The Labute approximate surface area is 106 Å². The molecule has 1 heterocycles. The Morgan fingerprint density at radius 2 is 2.00 bits per heavy atom. The van der Waals surface area contributed by atoms with Crippen LogP contribution in [0.1, 0.15) is 12.5 Å². The molecule has 1 aromatic carbocycles. The van der Waals surface area contributed by atoms with Crippen LogP contribution in [-0.4, -0.2) is 16.7 Å². The van der Waals surface area contributed by atoms with Crippen molar-refractivity contribution in [3.8, 4) is 17.4 Å². The Morgan fingerprint density at radius 1 is 1.17 bits per heavy atom. The number of hydrogen-bond donors (Lipinski definition) is 1. The highest BCUT2D eigenvalue weighted by atomic mass is 16.5. The zero-order valence-corrected chi connectivity index (χ0v) is 10.2. The maximum absolute atomic E-state index is 9.19. The molecule has 4 nitrogen and oxygen atoms in total. The molecule has 2 aromatic rings. The summed E-state index contributed by atoms with van der Waals surface area (Å²) >= 11 is 0. The second kappa shape index (κ2) is 6.02. The maximum atomic E-state index is 9.19. The molecule has 94 valence electrons. The molecule has 18 heavy (non-hydrogen) atoms. The molecule has 0 aliphatic heterocycles. The molecule has 1 N–H and O–H groups in total. The van der Waals surface area contributed by atoms with E-state index in [1.165, 1.54) is 0 Å². The molecule has 2 rings (SSSR count). The highest BCUT2D eigenvalue weighted by Gasteiger charge is 2.05. The van der Waals surface area contributed by atoms with Gasteiger partial charge >= 0.3 is 0 Å². The van der Waals surface area contributed by atoms with Gasteiger partial charge in [-0.25, -0.2) is 4.98 Å². The first-order chi connectivity index (χ1) is 8.83. The average molecular weight is 245 g/mol. The number of rotatable bonds is 5. The van der Waals surface area contributed by atoms with E-state index in [0.29, 0.717) is 23.8 Å². The fourth-order valence-corrected chi connectivity index (χ4v) is 1.54. The second-order valence-electron chi connectivity index (χ2n) is 3.64. The molecule has 0 unspecified atom stereocenters. The van der Waals surface area contributed by atoms with Crippen molar-refractivity contribution < 1.29 is 14.6 Å². The van der Waals surface area contributed by atoms with Crippen LogP contribution in [0.4, 0.5) is 0 Å². The zero-order valence-electron chi connectivity index (χ0n) is 10.2. The first-order valence-electron chi connectivity index (χ1n) is 5.79. The lowest BCUT2D eigenvalue weighted by atomic mass is 10.3. The fourth-order valence-electron chi connectivity index (χ4n) is 1.54. The molecule has 0 saturated heterocycles. The van der Waals surface area contributed by atoms with Gasteiger partial charge in [-0.1, -0.05) is 6.07 Å². The van der Waals surface area contributed by atoms with E-state index in [2.05, 4.69) is 4.98 Å². The largest absolute Gasteiger partial charge is 0.494 e. The summed E-state index contributed by atoms with van der Waals surface area (Å²) in [5.74, 6) is 1.79. The number of aliphatic hydroxyl groups excluding tert-OH is 1. The molecule has 0 amide bonds. The molecule has 0 aliphatic rings. The molecule has 0 spiro atoms. The summed E-state index contributed by atoms with van der Waals surface area (Å²) in [7, 11) is 0. The van der Waals surface area contributed by atoms with Crippen LogP contribution in [0.3, 0.4) is 0 Å². The fraction of sp³-hybridized carbons (Fsp3) is 0.214. The van der Waals surface area contributed by atoms with Crippen molar-refractivity contribution in [2.45, 2.75) is 13.5 Å². The van der Waals surface area contributed by atoms with Crippen LogP contribution in [-0.2, 0) is 6.61 Å². The lowest BCUT2D eigenvalue weighted by molar-refractivity contribution is 0.275. The van der Waals surface area contributed by atoms with Crippen LogP contribution < -0.4 is 9.47 Å². The molecule has 1 aromatic heterocycles. The van der Waals surface area contributed by atoms with Crippen molar-refractivity contribution >= 4 is 0 Å². The monoisotopic (exact) mass is 245 g/mol. The van der Waals surface area contributed by atoms with Crippen LogP contribution in [0.5, 0.6) is 17.4 Å². The van der Waals surface area contributed by atoms with Gasteiger partial charge in [0.05, 0.1) is 13.2 Å². The molecule has 0 atom stereocenters. The van der Waals surface area contributed by atoms with Gasteiger partial charge in [-0.3, -0.25) is 0 Å². The highest BCUT2D eigenvalue weighted by molar-refractivity contribution is 5.37. The smallest absolute Gasteiger partial charge is 0.224 e. The van der Waals surface area contributed by atoms with E-state index < -0.39 is 0 Å². The van der Waals surface area contributed by atoms with E-state index >= 15 is 0 Å². The predicted octanol–water partition coefficient (Wildman–Crippen LogP) is 2.76. The molecule has 0 bridgehead atoms. The normalized spacial score (nSPS) is 10.1. The van der Waals surface area contributed by atoms with Crippen LogP contribution in [0.15, 0.2) is 42.6 Å². The van der Waals surface area contributed by atoms with Crippen LogP contribution in [0, 0.1) is 0 Å². The van der Waals surface area contributed by atoms with E-state index in [0.717, 1.165) is 5.75 Å². The molecular weight excluding hydrogens is 230 g/mol. The number of aliphatic hydroxyl groups is 1. The van der Waals surface area contributed by atoms with Gasteiger partial charge < -0.3 is 14.6 Å². The number of ether oxygens (including phenoxy) is 2. The highest BCUT2D eigenvalue weighted by Crippen LogP contribution is 2.26. The first-order valence-corrected chi connectivity index (χ1v) is 5.79. The molecule has 4 heteroatoms. The van der Waals surface area contributed by atoms with Crippen LogP contribution in [0.25, 0.3) is 0 Å². The van der Waals surface area contributed by atoms with Crippen LogP contribution in [0.2, 0.25) is 0 Å². The number of benzene rings is 1. The minimum Gasteiger partial charge on any atom is -0.494 e. The number of nitrogens with zero attached hydrogens (tertiary/aromatic N) is 1. The van der Waals surface area contributed by atoms with Gasteiger partial charge in [0.1, 0.15) is 11.5 Å². The van der Waals surface area contributed by atoms with E-state index in [9.17, 15) is 5.11 Å². The van der Waals surface area contributed by atoms with E-state index in [1.54, 1.807) is 24.4 Å². The van der Waals surface area contributed by atoms with Crippen molar-refractivity contribution in [1.29, 1.82) is 0 Å². The zero-order chi connectivity index (χ0) is 12.8. The lowest BCUT2D eigenvalue weighted by Crippen LogP contribution is -1.95. The molecule has 0 aliphatic carbocycles. The average Bonchev–Trinajstić information content (AvgIpc) is 2.40. The summed E-state index contributed by atoms with van der Waals surface area (Å²) in [5.41, 5.74) is 0.652. The van der Waals surface area contributed by atoms with Gasteiger partial charge in [0, 0.05) is 17.8 Å². The quantitative estimate of drug-likeness (QED) is 0.880. The van der Waals surface area contributed by atoms with Crippen molar-refractivity contribution in [2.24, 2.45) is 0 Å². The van der Waals surface area contributed by atoms with E-state index in [-0.39, 0.29) is 6.61 Å². The third kappa shape index (κ3) is 2.99. The first kappa shape index (κ1) is 12.4. The molecule has 0 fully saturated rings. The third-order valence-corrected chi connectivity index (χ3v) is 2.35. The number of aromatic nitrogens is 1. The Bertz CT molecular complexity index is 514. The summed E-state index contributed by atoms with van der Waals surface area (Å²) in [6, 6.07) is 10.9. The number of hydrogen-bond acceptors (Lipinski definition) is 4. The number of pyridine rings is 1. The Kier molecular flexibility index (Phi) is 4.15. The SMILES string of the molecule is CCOc1cccc(Oc2ncccc2CO)c1. The minimum atomic E-state index is -0.103. The Hall–Kier alpha value is -2.07. The minimum absolute atomic E-state index is 0.103. The molecular formula is C14H15NO3. The lowest BCUT2D eigenvalue weighted by Gasteiger charge is -2.09. The van der Waals surface area contributed by atoms with Gasteiger partial charge in [-0.2, -0.15) is 0 Å². The molecule has 0 radical (unpaired) electrons. The summed E-state index contributed by atoms with van der Waals surface area (Å²) in [6.07, 6.45) is 1.63. The summed E-state index contributed by atoms with van der Waals surface area (Å²) in [6.45, 7) is 2.43. The topological polar surface area (TPSA) is 51.6 Å². The van der Waals surface area contributed by atoms with Crippen molar-refractivity contribution in [2.75, 3.05) is 6.61 Å². The van der Waals surface area contributed by atoms with Gasteiger partial charge in [-0.05, 0) is 31.2 Å². The van der Waals surface area contributed by atoms with E-state index in [1.807, 2.05) is 25.1 Å². The summed E-state index contributed by atoms with van der Waals surface area (Å²) < 4.78 is 11.0. The van der Waals surface area contributed by atoms with E-state index in [4.69, 9.17) is 9.47 Å². The van der Waals surface area contributed by atoms with Gasteiger partial charge in [0.2, 0.25) is 5.88 Å². The van der Waals surface area contributed by atoms with Gasteiger partial charge in [0.15, 0.2) is 0 Å². The third-order valence-electron chi connectivity index (χ3n) is 2.35. The summed E-state index contributed by atoms with van der Waals surface area (Å²) in [4.78, 5) is 4.10. The van der Waals surface area contributed by atoms with Crippen LogP contribution >= 0.6 is 0 Å². The Balaban J connectivity index is 2.20. The second-order valence-corrected chi connectivity index (χ2v) is 3.64. The van der Waals surface area contributed by atoms with Crippen molar-refractivity contribution in [3.05, 3.63) is 48.2 Å². The van der Waals surface area contributed by atoms with Gasteiger partial charge in [-0.15, -0.1) is 0 Å². The standard InChI is InChI=1S/C14H15NO3/c1-2-17-12-6-3-7-13(9-12)18-14-11(10-16)5-4-8-15-14/h3-9,16H,2,10H2,1H3. The molecule has 0 saturated carbocycles. The Morgan fingerprint density at radius 3 is 2.78 bits per heavy atom. The van der Waals surface area contributed by atoms with Crippen molar-refractivity contribution in [1.82, 2.24) is 4.98 Å². The van der Waals surface area contributed by atoms with Crippen molar-refractivity contribution in [3.63, 3.8) is 0 Å². The predicted molar refractivity (Wildman–Crippen MR) is 67.8 cm³/mol. The van der Waals surface area contributed by atoms with Gasteiger partial charge in [0.25, 0.3) is 0 Å². The summed E-state index contributed by atoms with van der Waals surface area (Å²) in [5, 5.41) is 9.19. The maximum Gasteiger partial charge on any atom is 0.224 e.